The monoisotopic (exact) mass is 413 g/mol. The second kappa shape index (κ2) is 8.41. The lowest BCUT2D eigenvalue weighted by atomic mass is 10.2. The van der Waals surface area contributed by atoms with Crippen molar-refractivity contribution in [3.8, 4) is 5.69 Å². The zero-order chi connectivity index (χ0) is 20.3. The molecule has 2 N–H and O–H groups in total. The van der Waals surface area contributed by atoms with Crippen LogP contribution in [0.15, 0.2) is 58.4 Å². The lowest BCUT2D eigenvalue weighted by molar-refractivity contribution is 0.642. The average molecular weight is 414 g/mol. The van der Waals surface area contributed by atoms with Gasteiger partial charge in [0.25, 0.3) is 5.56 Å². The molecule has 28 heavy (non-hydrogen) atoms. The van der Waals surface area contributed by atoms with Gasteiger partial charge < -0.3 is 5.32 Å². The Hall–Kier alpha value is -2.90. The Morgan fingerprint density at radius 1 is 1.11 bits per heavy atom. The normalized spacial score (nSPS) is 11.0. The van der Waals surface area contributed by atoms with Gasteiger partial charge in [0, 0.05) is 23.3 Å². The third kappa shape index (κ3) is 4.00. The Labute approximate surface area is 173 Å². The first-order valence-electron chi connectivity index (χ1n) is 8.59. The molecule has 0 radical (unpaired) electrons. The van der Waals surface area contributed by atoms with E-state index in [1.807, 2.05) is 62.5 Å². The van der Waals surface area contributed by atoms with Crippen molar-refractivity contribution >= 4 is 40.8 Å². The number of hydrazone groups is 1. The van der Waals surface area contributed by atoms with Gasteiger partial charge in [-0.15, -0.1) is 0 Å². The molecule has 0 amide bonds. The van der Waals surface area contributed by atoms with Crippen LogP contribution in [0.5, 0.6) is 0 Å². The molecule has 0 aliphatic rings. The Balaban J connectivity index is 1.77. The van der Waals surface area contributed by atoms with Gasteiger partial charge in [-0.3, -0.25) is 14.9 Å². The maximum Gasteiger partial charge on any atom is 0.274 e. The third-order valence-corrected chi connectivity index (χ3v) is 5.02. The predicted octanol–water partition coefficient (Wildman–Crippen LogP) is 3.77. The largest absolute Gasteiger partial charge is 0.331 e. The van der Waals surface area contributed by atoms with Gasteiger partial charge in [0.05, 0.1) is 17.6 Å². The van der Waals surface area contributed by atoms with Gasteiger partial charge in [0.1, 0.15) is 0 Å². The van der Waals surface area contributed by atoms with Gasteiger partial charge in [-0.05, 0) is 55.9 Å². The maximum absolute atomic E-state index is 12.6. The molecule has 144 valence electrons. The molecule has 2 aromatic carbocycles. The van der Waals surface area contributed by atoms with Gasteiger partial charge in [-0.25, -0.2) is 4.68 Å². The maximum atomic E-state index is 12.6. The van der Waals surface area contributed by atoms with Crippen molar-refractivity contribution in [1.82, 2.24) is 14.8 Å². The number of benzene rings is 2. The number of anilines is 1. The number of aromatic nitrogens is 2. The number of rotatable bonds is 4. The first-order chi connectivity index (χ1) is 13.4. The molecule has 1 heterocycles. The fourth-order valence-corrected chi connectivity index (χ4v) is 3.18. The highest BCUT2D eigenvalue weighted by atomic mass is 35.5. The molecule has 3 aromatic rings. The van der Waals surface area contributed by atoms with E-state index in [1.54, 1.807) is 22.5 Å². The van der Waals surface area contributed by atoms with Crippen LogP contribution in [-0.2, 0) is 7.05 Å². The first kappa shape index (κ1) is 19.9. The van der Waals surface area contributed by atoms with Crippen LogP contribution in [-0.4, -0.2) is 20.7 Å². The van der Waals surface area contributed by atoms with E-state index in [0.717, 1.165) is 16.9 Å². The number of nitrogens with zero attached hydrogens (tertiary/aromatic N) is 3. The van der Waals surface area contributed by atoms with Gasteiger partial charge in [-0.2, -0.15) is 5.10 Å². The fraction of sp³-hybridized carbons (Fsp3) is 0.150. The Morgan fingerprint density at radius 2 is 1.82 bits per heavy atom. The molecule has 0 saturated carbocycles. The van der Waals surface area contributed by atoms with Crippen LogP contribution in [0, 0.1) is 13.8 Å². The topological polar surface area (TPSA) is 63.4 Å². The van der Waals surface area contributed by atoms with Crippen LogP contribution >= 0.6 is 23.8 Å². The summed E-state index contributed by atoms with van der Waals surface area (Å²) in [7, 11) is 1.81. The smallest absolute Gasteiger partial charge is 0.274 e. The summed E-state index contributed by atoms with van der Waals surface area (Å²) in [4.78, 5) is 12.6. The van der Waals surface area contributed by atoms with Crippen molar-refractivity contribution in [1.29, 1.82) is 0 Å². The highest BCUT2D eigenvalue weighted by Crippen LogP contribution is 2.22. The second-order valence-corrected chi connectivity index (χ2v) is 7.04. The summed E-state index contributed by atoms with van der Waals surface area (Å²) in [5.74, 6) is 0. The minimum Gasteiger partial charge on any atom is -0.331 e. The van der Waals surface area contributed by atoms with E-state index >= 15 is 0 Å². The van der Waals surface area contributed by atoms with E-state index in [-0.39, 0.29) is 5.56 Å². The van der Waals surface area contributed by atoms with Gasteiger partial charge in [0.15, 0.2) is 5.11 Å². The highest BCUT2D eigenvalue weighted by molar-refractivity contribution is 7.80. The van der Waals surface area contributed by atoms with Crippen molar-refractivity contribution in [2.24, 2.45) is 12.1 Å². The summed E-state index contributed by atoms with van der Waals surface area (Å²) in [6, 6.07) is 15.0. The lowest BCUT2D eigenvalue weighted by Crippen LogP contribution is -2.24. The summed E-state index contributed by atoms with van der Waals surface area (Å²) in [5, 5.41) is 8.21. The molecule has 0 spiro atoms. The molecule has 0 saturated heterocycles. The molecule has 0 atom stereocenters. The van der Waals surface area contributed by atoms with Gasteiger partial charge in [0.2, 0.25) is 0 Å². The van der Waals surface area contributed by atoms with E-state index < -0.39 is 0 Å². The van der Waals surface area contributed by atoms with Crippen molar-refractivity contribution in [2.45, 2.75) is 13.8 Å². The van der Waals surface area contributed by atoms with E-state index in [4.69, 9.17) is 23.8 Å². The van der Waals surface area contributed by atoms with Crippen molar-refractivity contribution < 1.29 is 0 Å². The summed E-state index contributed by atoms with van der Waals surface area (Å²) in [5.41, 5.74) is 6.46. The van der Waals surface area contributed by atoms with E-state index in [2.05, 4.69) is 15.8 Å². The zero-order valence-corrected chi connectivity index (χ0v) is 17.3. The molecular weight excluding hydrogens is 394 g/mol. The number of nitrogens with one attached hydrogen (secondary N) is 2. The summed E-state index contributed by atoms with van der Waals surface area (Å²) >= 11 is 11.4. The van der Waals surface area contributed by atoms with E-state index in [9.17, 15) is 4.79 Å². The molecule has 0 aliphatic heterocycles. The van der Waals surface area contributed by atoms with Crippen molar-refractivity contribution in [3.63, 3.8) is 0 Å². The summed E-state index contributed by atoms with van der Waals surface area (Å²) in [6.07, 6.45) is 1.58. The van der Waals surface area contributed by atoms with Crippen LogP contribution in [0.25, 0.3) is 5.69 Å². The van der Waals surface area contributed by atoms with Gasteiger partial charge in [-0.1, -0.05) is 35.9 Å². The Bertz CT molecular complexity index is 1100. The average Bonchev–Trinajstić information content (AvgIpc) is 2.89. The summed E-state index contributed by atoms with van der Waals surface area (Å²) in [6.45, 7) is 3.68. The molecule has 1 aromatic heterocycles. The SMILES string of the molecule is Cc1c(Cl)cccc1NC(=S)N/N=C/c1c(C)c(=O)n(-c2ccccc2)n1C. The Morgan fingerprint density at radius 3 is 2.54 bits per heavy atom. The number of halogens is 1. The first-order valence-corrected chi connectivity index (χ1v) is 9.38. The summed E-state index contributed by atoms with van der Waals surface area (Å²) < 4.78 is 3.36. The third-order valence-electron chi connectivity index (χ3n) is 4.42. The number of hydrogen-bond acceptors (Lipinski definition) is 3. The molecule has 8 heteroatoms. The predicted molar refractivity (Wildman–Crippen MR) is 119 cm³/mol. The Kier molecular flexibility index (Phi) is 5.96. The zero-order valence-electron chi connectivity index (χ0n) is 15.7. The molecule has 3 rings (SSSR count). The lowest BCUT2D eigenvalue weighted by Gasteiger charge is -2.11. The highest BCUT2D eigenvalue weighted by Gasteiger charge is 2.14. The molecule has 0 bridgehead atoms. The number of hydrogen-bond donors (Lipinski definition) is 2. The van der Waals surface area contributed by atoms with Crippen LogP contribution in [0.3, 0.4) is 0 Å². The fourth-order valence-electron chi connectivity index (χ4n) is 2.84. The van der Waals surface area contributed by atoms with Crippen LogP contribution in [0.4, 0.5) is 5.69 Å². The molecular formula is C20H20ClN5OS. The van der Waals surface area contributed by atoms with Gasteiger partial charge >= 0.3 is 0 Å². The number of para-hydroxylation sites is 1. The van der Waals surface area contributed by atoms with E-state index in [1.165, 1.54) is 0 Å². The quantitative estimate of drug-likeness (QED) is 0.388. The molecule has 6 nitrogen and oxygen atoms in total. The molecule has 0 aliphatic carbocycles. The van der Waals surface area contributed by atoms with Crippen LogP contribution in [0.2, 0.25) is 5.02 Å². The number of thiocarbonyl (C=S) groups is 1. The van der Waals surface area contributed by atoms with Crippen molar-refractivity contribution in [3.05, 3.63) is 80.7 Å². The van der Waals surface area contributed by atoms with E-state index in [0.29, 0.717) is 21.4 Å². The second-order valence-electron chi connectivity index (χ2n) is 6.22. The minimum absolute atomic E-state index is 0.0922. The van der Waals surface area contributed by atoms with Crippen molar-refractivity contribution in [2.75, 3.05) is 5.32 Å². The molecule has 0 unspecified atom stereocenters. The van der Waals surface area contributed by atoms with Crippen LogP contribution < -0.4 is 16.3 Å². The minimum atomic E-state index is -0.0922. The van der Waals surface area contributed by atoms with Crippen LogP contribution in [0.1, 0.15) is 16.8 Å². The molecule has 0 fully saturated rings. The standard InChI is InChI=1S/C20H20ClN5OS/c1-13-16(21)10-7-11-17(13)23-20(28)24-22-12-18-14(2)19(27)26(25(18)3)15-8-5-4-6-9-15/h4-12H,1-3H3,(H2,23,24,28)/b22-12+.